The first kappa shape index (κ1) is 26.0. The molecular formula is C30H22INO5S. The van der Waals surface area contributed by atoms with Gasteiger partial charge < -0.3 is 9.47 Å². The van der Waals surface area contributed by atoms with Crippen LogP contribution in [0, 0.1) is 3.57 Å². The van der Waals surface area contributed by atoms with Crippen LogP contribution in [-0.4, -0.2) is 28.6 Å². The van der Waals surface area contributed by atoms with Crippen molar-refractivity contribution >= 4 is 68.3 Å². The number of carbonyl (C=O) groups is 3. The van der Waals surface area contributed by atoms with Gasteiger partial charge in [0.1, 0.15) is 0 Å². The fourth-order valence-corrected chi connectivity index (χ4v) is 5.28. The van der Waals surface area contributed by atoms with E-state index < -0.39 is 5.97 Å². The molecule has 0 atom stereocenters. The van der Waals surface area contributed by atoms with Gasteiger partial charge in [-0.25, -0.2) is 4.79 Å². The molecule has 0 N–H and O–H groups in total. The second-order valence-corrected chi connectivity index (χ2v) is 10.7. The van der Waals surface area contributed by atoms with Crippen LogP contribution in [0.3, 0.4) is 0 Å². The van der Waals surface area contributed by atoms with Gasteiger partial charge in [-0.15, -0.1) is 0 Å². The monoisotopic (exact) mass is 635 g/mol. The highest BCUT2D eigenvalue weighted by Crippen LogP contribution is 2.36. The summed E-state index contributed by atoms with van der Waals surface area (Å²) in [6, 6.07) is 25.8. The standard InChI is InChI=1S/C30H22INO5S/c1-2-36-26-16-20(17-27-28(33)32(30(35)38-27)18-19-10-13-22(31)14-11-19)12-15-25(26)37-29(34)24-9-5-7-21-6-3-4-8-23(21)24/h3-17H,2,18H2,1H3/b27-17-. The van der Waals surface area contributed by atoms with E-state index in [1.54, 1.807) is 30.3 Å². The third-order valence-electron chi connectivity index (χ3n) is 5.91. The number of benzene rings is 4. The van der Waals surface area contributed by atoms with Crippen LogP contribution in [0.1, 0.15) is 28.4 Å². The molecular weight excluding hydrogens is 613 g/mol. The van der Waals surface area contributed by atoms with Gasteiger partial charge >= 0.3 is 5.97 Å². The van der Waals surface area contributed by atoms with E-state index >= 15 is 0 Å². The number of hydrogen-bond donors (Lipinski definition) is 0. The normalized spacial score (nSPS) is 14.4. The molecule has 5 rings (SSSR count). The Kier molecular flexibility index (Phi) is 7.80. The molecule has 8 heteroatoms. The summed E-state index contributed by atoms with van der Waals surface area (Å²) in [5, 5.41) is 1.43. The van der Waals surface area contributed by atoms with Crippen molar-refractivity contribution in [2.45, 2.75) is 13.5 Å². The minimum absolute atomic E-state index is 0.214. The molecule has 0 aromatic heterocycles. The summed E-state index contributed by atoms with van der Waals surface area (Å²) in [5.74, 6) is -0.197. The topological polar surface area (TPSA) is 72.9 Å². The molecule has 0 radical (unpaired) electrons. The predicted octanol–water partition coefficient (Wildman–Crippen LogP) is 7.30. The minimum atomic E-state index is -0.493. The molecule has 0 aliphatic carbocycles. The maximum absolute atomic E-state index is 13.1. The quantitative estimate of drug-likeness (QED) is 0.0919. The Morgan fingerprint density at radius 3 is 2.50 bits per heavy atom. The van der Waals surface area contributed by atoms with E-state index in [1.165, 1.54) is 4.90 Å². The third-order valence-corrected chi connectivity index (χ3v) is 7.53. The van der Waals surface area contributed by atoms with Crippen molar-refractivity contribution in [3.63, 3.8) is 0 Å². The summed E-state index contributed by atoms with van der Waals surface area (Å²) in [6.07, 6.45) is 1.65. The molecule has 1 fully saturated rings. The van der Waals surface area contributed by atoms with Crippen molar-refractivity contribution in [2.24, 2.45) is 0 Å². The van der Waals surface area contributed by atoms with Crippen molar-refractivity contribution in [1.29, 1.82) is 0 Å². The van der Waals surface area contributed by atoms with E-state index in [-0.39, 0.29) is 23.4 Å². The zero-order valence-electron chi connectivity index (χ0n) is 20.3. The first-order chi connectivity index (χ1) is 18.4. The molecule has 1 heterocycles. The number of thioether (sulfide) groups is 1. The van der Waals surface area contributed by atoms with Crippen molar-refractivity contribution in [3.05, 3.63) is 110 Å². The van der Waals surface area contributed by atoms with Gasteiger partial charge in [0.2, 0.25) is 0 Å². The molecule has 190 valence electrons. The van der Waals surface area contributed by atoms with Gasteiger partial charge in [0.15, 0.2) is 11.5 Å². The Labute approximate surface area is 237 Å². The number of imide groups is 1. The van der Waals surface area contributed by atoms with E-state index in [9.17, 15) is 14.4 Å². The van der Waals surface area contributed by atoms with Crippen molar-refractivity contribution < 1.29 is 23.9 Å². The minimum Gasteiger partial charge on any atom is -0.490 e. The summed E-state index contributed by atoms with van der Waals surface area (Å²) in [4.78, 5) is 40.2. The number of amides is 2. The molecule has 4 aromatic rings. The van der Waals surface area contributed by atoms with Gasteiger partial charge in [-0.05, 0) is 99.6 Å². The Morgan fingerprint density at radius 1 is 0.947 bits per heavy atom. The van der Waals surface area contributed by atoms with E-state index in [2.05, 4.69) is 22.6 Å². The lowest BCUT2D eigenvalue weighted by Crippen LogP contribution is -2.27. The van der Waals surface area contributed by atoms with Gasteiger partial charge in [-0.2, -0.15) is 0 Å². The van der Waals surface area contributed by atoms with Crippen LogP contribution in [-0.2, 0) is 11.3 Å². The zero-order chi connectivity index (χ0) is 26.6. The number of ether oxygens (including phenoxy) is 2. The number of hydrogen-bond acceptors (Lipinski definition) is 6. The SMILES string of the molecule is CCOc1cc(/C=C2\SC(=O)N(Cc3ccc(I)cc3)C2=O)ccc1OC(=O)c1cccc2ccccc12. The number of nitrogens with zero attached hydrogens (tertiary/aromatic N) is 1. The predicted molar refractivity (Wildman–Crippen MR) is 157 cm³/mol. The number of rotatable bonds is 7. The van der Waals surface area contributed by atoms with Crippen LogP contribution in [0.4, 0.5) is 4.79 Å². The van der Waals surface area contributed by atoms with Crippen molar-refractivity contribution in [3.8, 4) is 11.5 Å². The first-order valence-electron chi connectivity index (χ1n) is 11.9. The lowest BCUT2D eigenvalue weighted by Gasteiger charge is -2.13. The first-order valence-corrected chi connectivity index (χ1v) is 13.8. The van der Waals surface area contributed by atoms with E-state index in [4.69, 9.17) is 9.47 Å². The Bertz CT molecular complexity index is 1580. The fraction of sp³-hybridized carbons (Fsp3) is 0.100. The molecule has 4 aromatic carbocycles. The summed E-state index contributed by atoms with van der Waals surface area (Å²) in [5.41, 5.74) is 1.99. The molecule has 2 amide bonds. The van der Waals surface area contributed by atoms with Crippen LogP contribution in [0.5, 0.6) is 11.5 Å². The highest BCUT2D eigenvalue weighted by Gasteiger charge is 2.35. The van der Waals surface area contributed by atoms with E-state index in [1.807, 2.05) is 67.6 Å². The van der Waals surface area contributed by atoms with Gasteiger partial charge in [0, 0.05) is 3.57 Å². The molecule has 6 nitrogen and oxygen atoms in total. The number of esters is 1. The van der Waals surface area contributed by atoms with Gasteiger partial charge in [-0.1, -0.05) is 54.6 Å². The van der Waals surface area contributed by atoms with Crippen LogP contribution in [0.2, 0.25) is 0 Å². The average Bonchev–Trinajstić information content (AvgIpc) is 3.18. The zero-order valence-corrected chi connectivity index (χ0v) is 23.3. The lowest BCUT2D eigenvalue weighted by molar-refractivity contribution is -0.123. The summed E-state index contributed by atoms with van der Waals surface area (Å²) in [6.45, 7) is 2.40. The highest BCUT2D eigenvalue weighted by molar-refractivity contribution is 14.1. The number of halogens is 1. The number of fused-ring (bicyclic) bond motifs is 1. The summed E-state index contributed by atoms with van der Waals surface area (Å²) >= 11 is 3.11. The Morgan fingerprint density at radius 2 is 1.71 bits per heavy atom. The Hall–Kier alpha value is -3.63. The number of carbonyl (C=O) groups excluding carboxylic acids is 3. The highest BCUT2D eigenvalue weighted by atomic mass is 127. The van der Waals surface area contributed by atoms with Crippen LogP contribution in [0.25, 0.3) is 16.8 Å². The molecule has 1 aliphatic heterocycles. The third kappa shape index (κ3) is 5.61. The fourth-order valence-electron chi connectivity index (χ4n) is 4.09. The molecule has 1 aliphatic rings. The maximum Gasteiger partial charge on any atom is 0.344 e. The molecule has 0 saturated carbocycles. The molecule has 0 spiro atoms. The second kappa shape index (κ2) is 11.4. The van der Waals surface area contributed by atoms with E-state index in [0.29, 0.717) is 28.4 Å². The van der Waals surface area contributed by atoms with Crippen LogP contribution >= 0.6 is 34.4 Å². The summed E-state index contributed by atoms with van der Waals surface area (Å²) < 4.78 is 12.6. The van der Waals surface area contributed by atoms with Crippen LogP contribution in [0.15, 0.2) is 89.8 Å². The second-order valence-electron chi connectivity index (χ2n) is 8.45. The average molecular weight is 635 g/mol. The van der Waals surface area contributed by atoms with Crippen molar-refractivity contribution in [2.75, 3.05) is 6.61 Å². The molecule has 0 unspecified atom stereocenters. The Balaban J connectivity index is 1.37. The molecule has 1 saturated heterocycles. The van der Waals surface area contributed by atoms with E-state index in [0.717, 1.165) is 31.7 Å². The van der Waals surface area contributed by atoms with Gasteiger partial charge in [-0.3, -0.25) is 14.5 Å². The molecule has 0 bridgehead atoms. The summed E-state index contributed by atoms with van der Waals surface area (Å²) in [7, 11) is 0. The van der Waals surface area contributed by atoms with Crippen LogP contribution < -0.4 is 9.47 Å². The largest absolute Gasteiger partial charge is 0.490 e. The maximum atomic E-state index is 13.1. The van der Waals surface area contributed by atoms with Crippen molar-refractivity contribution in [1.82, 2.24) is 4.90 Å². The lowest BCUT2D eigenvalue weighted by atomic mass is 10.0. The smallest absolute Gasteiger partial charge is 0.344 e. The molecule has 38 heavy (non-hydrogen) atoms. The van der Waals surface area contributed by atoms with Gasteiger partial charge in [0.25, 0.3) is 11.1 Å². The van der Waals surface area contributed by atoms with Gasteiger partial charge in [0.05, 0.1) is 23.6 Å².